The molecule has 2 rings (SSSR count). The van der Waals surface area contributed by atoms with Crippen LogP contribution in [0.15, 0.2) is 24.3 Å². The molecular formula is C17H25NO3. The fourth-order valence-electron chi connectivity index (χ4n) is 2.95. The van der Waals surface area contributed by atoms with Gasteiger partial charge in [0.1, 0.15) is 5.60 Å². The third-order valence-electron chi connectivity index (χ3n) is 4.26. The summed E-state index contributed by atoms with van der Waals surface area (Å²) in [6, 6.07) is 7.63. The van der Waals surface area contributed by atoms with E-state index in [1.807, 2.05) is 45.0 Å². The van der Waals surface area contributed by atoms with Crippen molar-refractivity contribution in [1.29, 1.82) is 0 Å². The number of amides is 1. The van der Waals surface area contributed by atoms with Crippen LogP contribution in [0.2, 0.25) is 0 Å². The van der Waals surface area contributed by atoms with Crippen LogP contribution in [0.25, 0.3) is 0 Å². The van der Waals surface area contributed by atoms with Gasteiger partial charge in [0.25, 0.3) is 0 Å². The van der Waals surface area contributed by atoms with Gasteiger partial charge in [-0.1, -0.05) is 32.0 Å². The van der Waals surface area contributed by atoms with Crippen molar-refractivity contribution < 1.29 is 14.6 Å². The highest BCUT2D eigenvalue weighted by Crippen LogP contribution is 2.65. The minimum atomic E-state index is -0.535. The van der Waals surface area contributed by atoms with Crippen molar-refractivity contribution in [2.24, 2.45) is 5.41 Å². The minimum absolute atomic E-state index is 0.0352. The lowest BCUT2D eigenvalue weighted by atomic mass is 9.87. The smallest absolute Gasteiger partial charge is 0.412 e. The molecule has 1 aromatic carbocycles. The second-order valence-electron chi connectivity index (χ2n) is 7.47. The lowest BCUT2D eigenvalue weighted by molar-refractivity contribution is 0.0635. The van der Waals surface area contributed by atoms with Crippen LogP contribution in [0.5, 0.6) is 0 Å². The van der Waals surface area contributed by atoms with Crippen molar-refractivity contribution in [3.8, 4) is 0 Å². The summed E-state index contributed by atoms with van der Waals surface area (Å²) in [5.41, 5.74) is 0.910. The van der Waals surface area contributed by atoms with Gasteiger partial charge in [-0.05, 0) is 44.2 Å². The summed E-state index contributed by atoms with van der Waals surface area (Å²) >= 11 is 0. The number of anilines is 1. The lowest BCUT2D eigenvalue weighted by Crippen LogP contribution is -2.28. The van der Waals surface area contributed by atoms with Gasteiger partial charge in [-0.3, -0.25) is 5.32 Å². The largest absolute Gasteiger partial charge is 0.444 e. The molecular weight excluding hydrogens is 266 g/mol. The van der Waals surface area contributed by atoms with Crippen LogP contribution in [0.4, 0.5) is 10.5 Å². The molecule has 1 atom stereocenters. The Morgan fingerprint density at radius 1 is 1.33 bits per heavy atom. The number of ether oxygens (including phenoxy) is 1. The fraction of sp³-hybridized carbons (Fsp3) is 0.588. The Kier molecular flexibility index (Phi) is 3.79. The predicted octanol–water partition coefficient (Wildman–Crippen LogP) is 3.69. The van der Waals surface area contributed by atoms with E-state index in [-0.39, 0.29) is 17.4 Å². The van der Waals surface area contributed by atoms with Crippen molar-refractivity contribution >= 4 is 11.8 Å². The summed E-state index contributed by atoms with van der Waals surface area (Å²) < 4.78 is 5.30. The molecule has 0 aliphatic heterocycles. The van der Waals surface area contributed by atoms with E-state index in [4.69, 9.17) is 4.74 Å². The first-order valence-electron chi connectivity index (χ1n) is 7.32. The van der Waals surface area contributed by atoms with Gasteiger partial charge in [-0.15, -0.1) is 0 Å². The molecule has 4 nitrogen and oxygen atoms in total. The van der Waals surface area contributed by atoms with E-state index in [1.54, 1.807) is 0 Å². The number of aliphatic hydroxyl groups excluding tert-OH is 1. The van der Waals surface area contributed by atoms with Crippen LogP contribution in [0.1, 0.15) is 46.6 Å². The van der Waals surface area contributed by atoms with Crippen LogP contribution < -0.4 is 5.32 Å². The molecule has 4 heteroatoms. The van der Waals surface area contributed by atoms with Gasteiger partial charge in [0.05, 0.1) is 6.61 Å². The van der Waals surface area contributed by atoms with E-state index >= 15 is 0 Å². The summed E-state index contributed by atoms with van der Waals surface area (Å²) in [6.45, 7) is 9.83. The molecule has 1 aliphatic carbocycles. The van der Waals surface area contributed by atoms with Gasteiger partial charge in [-0.2, -0.15) is 0 Å². The molecule has 0 saturated heterocycles. The molecule has 1 unspecified atom stereocenters. The molecule has 0 spiro atoms. The Morgan fingerprint density at radius 2 is 1.90 bits per heavy atom. The van der Waals surface area contributed by atoms with Crippen molar-refractivity contribution in [2.45, 2.75) is 52.1 Å². The van der Waals surface area contributed by atoms with E-state index in [0.717, 1.165) is 12.0 Å². The van der Waals surface area contributed by atoms with Gasteiger partial charge >= 0.3 is 6.09 Å². The third-order valence-corrected chi connectivity index (χ3v) is 4.26. The highest BCUT2D eigenvalue weighted by atomic mass is 16.6. The highest BCUT2D eigenvalue weighted by Gasteiger charge is 2.62. The monoisotopic (exact) mass is 291 g/mol. The molecule has 2 N–H and O–H groups in total. The normalized spacial score (nSPS) is 23.5. The summed E-state index contributed by atoms with van der Waals surface area (Å²) in [7, 11) is 0. The van der Waals surface area contributed by atoms with Crippen LogP contribution in [-0.4, -0.2) is 23.4 Å². The second kappa shape index (κ2) is 5.02. The number of hydrogen-bond acceptors (Lipinski definition) is 3. The molecule has 1 saturated carbocycles. The Bertz CT molecular complexity index is 545. The zero-order valence-corrected chi connectivity index (χ0v) is 13.5. The molecule has 116 valence electrons. The standard InChI is InChI=1S/C17H25NO3/c1-15(2,3)21-14(20)18-13-9-7-6-8-12(13)17(11-19)10-16(17,4)5/h6-9,19H,10-11H2,1-5H3,(H,18,20). The van der Waals surface area contributed by atoms with Crippen LogP contribution in [0, 0.1) is 5.41 Å². The summed E-state index contributed by atoms with van der Waals surface area (Å²) in [5.74, 6) is 0. The Labute approximate surface area is 126 Å². The molecule has 1 aromatic rings. The number of aliphatic hydroxyl groups is 1. The van der Waals surface area contributed by atoms with Gasteiger partial charge < -0.3 is 9.84 Å². The molecule has 0 bridgehead atoms. The maximum absolute atomic E-state index is 12.0. The molecule has 1 aliphatic rings. The van der Waals surface area contributed by atoms with Crippen molar-refractivity contribution in [3.63, 3.8) is 0 Å². The number of carbonyl (C=O) groups excluding carboxylic acids is 1. The maximum Gasteiger partial charge on any atom is 0.412 e. The molecule has 0 radical (unpaired) electrons. The first-order valence-corrected chi connectivity index (χ1v) is 7.32. The number of nitrogens with one attached hydrogen (secondary N) is 1. The van der Waals surface area contributed by atoms with Crippen LogP contribution in [0.3, 0.4) is 0 Å². The summed E-state index contributed by atoms with van der Waals surface area (Å²) in [5, 5.41) is 12.7. The maximum atomic E-state index is 12.0. The van der Waals surface area contributed by atoms with E-state index in [1.165, 1.54) is 0 Å². The lowest BCUT2D eigenvalue weighted by Gasteiger charge is -2.24. The molecule has 0 heterocycles. The predicted molar refractivity (Wildman–Crippen MR) is 83.5 cm³/mol. The molecule has 0 aromatic heterocycles. The van der Waals surface area contributed by atoms with Crippen molar-refractivity contribution in [2.75, 3.05) is 11.9 Å². The van der Waals surface area contributed by atoms with Crippen molar-refractivity contribution in [3.05, 3.63) is 29.8 Å². The zero-order valence-electron chi connectivity index (χ0n) is 13.5. The van der Waals surface area contributed by atoms with Gasteiger partial charge in [-0.25, -0.2) is 4.79 Å². The molecule has 1 amide bonds. The minimum Gasteiger partial charge on any atom is -0.444 e. The quantitative estimate of drug-likeness (QED) is 0.893. The van der Waals surface area contributed by atoms with Gasteiger partial charge in [0.15, 0.2) is 0 Å². The molecule has 1 fully saturated rings. The van der Waals surface area contributed by atoms with E-state index < -0.39 is 11.7 Å². The number of carbonyl (C=O) groups is 1. The average molecular weight is 291 g/mol. The van der Waals surface area contributed by atoms with E-state index in [9.17, 15) is 9.90 Å². The Morgan fingerprint density at radius 3 is 2.38 bits per heavy atom. The third kappa shape index (κ3) is 3.05. The van der Waals surface area contributed by atoms with Crippen LogP contribution in [-0.2, 0) is 10.2 Å². The summed E-state index contributed by atoms with van der Waals surface area (Å²) in [6.07, 6.45) is 0.435. The number of benzene rings is 1. The SMILES string of the molecule is CC(C)(C)OC(=O)Nc1ccccc1C1(CO)CC1(C)C. The number of para-hydroxylation sites is 1. The fourth-order valence-corrected chi connectivity index (χ4v) is 2.95. The number of hydrogen-bond donors (Lipinski definition) is 2. The first-order chi connectivity index (χ1) is 9.61. The Balaban J connectivity index is 2.25. The zero-order chi connectivity index (χ0) is 15.9. The second-order valence-corrected chi connectivity index (χ2v) is 7.47. The van der Waals surface area contributed by atoms with Gasteiger partial charge in [0.2, 0.25) is 0 Å². The average Bonchev–Trinajstić information content (AvgIpc) is 2.91. The Hall–Kier alpha value is -1.55. The van der Waals surface area contributed by atoms with E-state index in [2.05, 4.69) is 19.2 Å². The van der Waals surface area contributed by atoms with E-state index in [0.29, 0.717) is 5.69 Å². The summed E-state index contributed by atoms with van der Waals surface area (Å²) in [4.78, 5) is 12.0. The molecule has 21 heavy (non-hydrogen) atoms. The number of rotatable bonds is 3. The van der Waals surface area contributed by atoms with Gasteiger partial charge in [0, 0.05) is 11.1 Å². The van der Waals surface area contributed by atoms with Crippen molar-refractivity contribution in [1.82, 2.24) is 0 Å². The van der Waals surface area contributed by atoms with Crippen LogP contribution >= 0.6 is 0 Å². The topological polar surface area (TPSA) is 58.6 Å². The highest BCUT2D eigenvalue weighted by molar-refractivity contribution is 5.86. The first kappa shape index (κ1) is 15.8.